The first kappa shape index (κ1) is 14.6. The van der Waals surface area contributed by atoms with Gasteiger partial charge >= 0.3 is 0 Å². The Labute approximate surface area is 129 Å². The third kappa shape index (κ3) is 3.46. The molecular formula is C16H18ClNO3. The molecule has 1 unspecified atom stereocenters. The number of ether oxygens (including phenoxy) is 3. The third-order valence-electron chi connectivity index (χ3n) is 3.64. The van der Waals surface area contributed by atoms with Crippen molar-refractivity contribution in [2.75, 3.05) is 20.3 Å². The Morgan fingerprint density at radius 2 is 2.29 bits per heavy atom. The number of pyridine rings is 1. The number of methoxy groups -OCH3 is 1. The summed E-state index contributed by atoms with van der Waals surface area (Å²) in [7, 11) is 1.63. The fourth-order valence-electron chi connectivity index (χ4n) is 2.47. The second-order valence-corrected chi connectivity index (χ2v) is 5.51. The van der Waals surface area contributed by atoms with Crippen molar-refractivity contribution in [3.05, 3.63) is 35.0 Å². The zero-order valence-corrected chi connectivity index (χ0v) is 12.7. The molecule has 21 heavy (non-hydrogen) atoms. The average molecular weight is 308 g/mol. The minimum atomic E-state index is 0.224. The number of fused-ring (bicyclic) bond motifs is 1. The Balaban J connectivity index is 1.71. The summed E-state index contributed by atoms with van der Waals surface area (Å²) in [6.45, 7) is 1.90. The number of aromatic nitrogens is 1. The molecule has 1 aliphatic rings. The van der Waals surface area contributed by atoms with Gasteiger partial charge in [0, 0.05) is 23.6 Å². The summed E-state index contributed by atoms with van der Waals surface area (Å²) in [6.07, 6.45) is 2.42. The Hall–Kier alpha value is -1.36. The maximum atomic E-state index is 6.23. The van der Waals surface area contributed by atoms with Crippen molar-refractivity contribution in [1.29, 1.82) is 0 Å². The lowest BCUT2D eigenvalue weighted by Crippen LogP contribution is -2.14. The molecule has 0 spiro atoms. The molecule has 1 aromatic carbocycles. The summed E-state index contributed by atoms with van der Waals surface area (Å²) < 4.78 is 16.4. The molecule has 1 fully saturated rings. The van der Waals surface area contributed by atoms with Crippen LogP contribution in [0.2, 0.25) is 5.15 Å². The molecule has 2 aromatic rings. The van der Waals surface area contributed by atoms with Gasteiger partial charge in [0.2, 0.25) is 0 Å². The first-order chi connectivity index (χ1) is 10.3. The van der Waals surface area contributed by atoms with Crippen LogP contribution in [0.4, 0.5) is 0 Å². The van der Waals surface area contributed by atoms with Crippen LogP contribution in [0.15, 0.2) is 24.3 Å². The van der Waals surface area contributed by atoms with Gasteiger partial charge in [-0.1, -0.05) is 11.6 Å². The van der Waals surface area contributed by atoms with E-state index >= 15 is 0 Å². The molecule has 1 aromatic heterocycles. The largest absolute Gasteiger partial charge is 0.497 e. The van der Waals surface area contributed by atoms with Crippen LogP contribution >= 0.6 is 11.6 Å². The van der Waals surface area contributed by atoms with Crippen molar-refractivity contribution >= 4 is 22.5 Å². The van der Waals surface area contributed by atoms with Gasteiger partial charge in [-0.25, -0.2) is 4.98 Å². The molecule has 0 aliphatic carbocycles. The van der Waals surface area contributed by atoms with Crippen LogP contribution in [0.5, 0.6) is 5.75 Å². The van der Waals surface area contributed by atoms with Crippen LogP contribution in [0.1, 0.15) is 18.4 Å². The van der Waals surface area contributed by atoms with Gasteiger partial charge in [0.05, 0.1) is 31.9 Å². The maximum Gasteiger partial charge on any atom is 0.135 e. The number of halogens is 1. The van der Waals surface area contributed by atoms with Crippen molar-refractivity contribution in [2.24, 2.45) is 0 Å². The predicted molar refractivity (Wildman–Crippen MR) is 81.9 cm³/mol. The van der Waals surface area contributed by atoms with Crippen molar-refractivity contribution < 1.29 is 14.2 Å². The summed E-state index contributed by atoms with van der Waals surface area (Å²) in [5.41, 5.74) is 1.72. The molecule has 0 bridgehead atoms. The summed E-state index contributed by atoms with van der Waals surface area (Å²) in [5.74, 6) is 0.772. The highest BCUT2D eigenvalue weighted by Gasteiger charge is 2.15. The maximum absolute atomic E-state index is 6.23. The molecule has 1 aliphatic heterocycles. The van der Waals surface area contributed by atoms with Gasteiger partial charge < -0.3 is 14.2 Å². The van der Waals surface area contributed by atoms with Crippen LogP contribution in [0, 0.1) is 0 Å². The lowest BCUT2D eigenvalue weighted by atomic mass is 10.1. The van der Waals surface area contributed by atoms with E-state index in [-0.39, 0.29) is 6.10 Å². The number of hydrogen-bond donors (Lipinski definition) is 0. The van der Waals surface area contributed by atoms with Crippen LogP contribution in [0.3, 0.4) is 0 Å². The van der Waals surface area contributed by atoms with E-state index in [2.05, 4.69) is 4.98 Å². The van der Waals surface area contributed by atoms with E-state index in [4.69, 9.17) is 25.8 Å². The van der Waals surface area contributed by atoms with Crippen LogP contribution in [0.25, 0.3) is 10.9 Å². The zero-order chi connectivity index (χ0) is 14.7. The van der Waals surface area contributed by atoms with Gasteiger partial charge in [-0.05, 0) is 31.0 Å². The molecule has 0 N–H and O–H groups in total. The standard InChI is InChI=1S/C16H18ClNO3/c1-19-13-5-4-11-7-12(16(17)18-15(11)8-13)9-20-10-14-3-2-6-21-14/h4-5,7-8,14H,2-3,6,9-10H2,1H3. The van der Waals surface area contributed by atoms with Gasteiger partial charge in [-0.2, -0.15) is 0 Å². The highest BCUT2D eigenvalue weighted by molar-refractivity contribution is 6.30. The average Bonchev–Trinajstić information content (AvgIpc) is 3.00. The van der Waals surface area contributed by atoms with Gasteiger partial charge in [0.1, 0.15) is 10.9 Å². The monoisotopic (exact) mass is 307 g/mol. The van der Waals surface area contributed by atoms with E-state index < -0.39 is 0 Å². The first-order valence-electron chi connectivity index (χ1n) is 7.09. The summed E-state index contributed by atoms with van der Waals surface area (Å²) in [4.78, 5) is 4.41. The SMILES string of the molecule is COc1ccc2cc(COCC3CCCO3)c(Cl)nc2c1. The molecule has 4 nitrogen and oxygen atoms in total. The topological polar surface area (TPSA) is 40.6 Å². The second-order valence-electron chi connectivity index (χ2n) is 5.15. The van der Waals surface area contributed by atoms with E-state index in [9.17, 15) is 0 Å². The van der Waals surface area contributed by atoms with Crippen molar-refractivity contribution in [2.45, 2.75) is 25.6 Å². The molecule has 5 heteroatoms. The fourth-order valence-corrected chi connectivity index (χ4v) is 2.67. The van der Waals surface area contributed by atoms with E-state index in [0.29, 0.717) is 18.4 Å². The van der Waals surface area contributed by atoms with E-state index in [1.54, 1.807) is 7.11 Å². The lowest BCUT2D eigenvalue weighted by Gasteiger charge is -2.11. The van der Waals surface area contributed by atoms with Gasteiger partial charge in [-0.3, -0.25) is 0 Å². The van der Waals surface area contributed by atoms with Crippen molar-refractivity contribution in [3.8, 4) is 5.75 Å². The van der Waals surface area contributed by atoms with E-state index in [0.717, 1.165) is 41.7 Å². The van der Waals surface area contributed by atoms with Crippen LogP contribution < -0.4 is 4.74 Å². The number of benzene rings is 1. The van der Waals surface area contributed by atoms with Gasteiger partial charge in [0.25, 0.3) is 0 Å². The van der Waals surface area contributed by atoms with E-state index in [1.165, 1.54) is 0 Å². The highest BCUT2D eigenvalue weighted by atomic mass is 35.5. The molecule has 0 radical (unpaired) electrons. The minimum Gasteiger partial charge on any atom is -0.497 e. The molecule has 0 saturated carbocycles. The normalized spacial score (nSPS) is 18.3. The lowest BCUT2D eigenvalue weighted by molar-refractivity contribution is 0.0106. The minimum absolute atomic E-state index is 0.224. The van der Waals surface area contributed by atoms with Crippen molar-refractivity contribution in [3.63, 3.8) is 0 Å². The number of hydrogen-bond acceptors (Lipinski definition) is 4. The first-order valence-corrected chi connectivity index (χ1v) is 7.46. The third-order valence-corrected chi connectivity index (χ3v) is 3.96. The number of nitrogens with zero attached hydrogens (tertiary/aromatic N) is 1. The van der Waals surface area contributed by atoms with Crippen LogP contribution in [-0.4, -0.2) is 31.4 Å². The summed E-state index contributed by atoms with van der Waals surface area (Å²) in [6, 6.07) is 7.77. The quantitative estimate of drug-likeness (QED) is 0.792. The summed E-state index contributed by atoms with van der Waals surface area (Å²) in [5, 5.41) is 1.50. The molecule has 3 rings (SSSR count). The van der Waals surface area contributed by atoms with E-state index in [1.807, 2.05) is 24.3 Å². The Bertz CT molecular complexity index is 626. The van der Waals surface area contributed by atoms with Gasteiger partial charge in [-0.15, -0.1) is 0 Å². The Morgan fingerprint density at radius 3 is 3.05 bits per heavy atom. The smallest absolute Gasteiger partial charge is 0.135 e. The second kappa shape index (κ2) is 6.60. The van der Waals surface area contributed by atoms with Crippen LogP contribution in [-0.2, 0) is 16.1 Å². The van der Waals surface area contributed by atoms with Crippen molar-refractivity contribution in [1.82, 2.24) is 4.98 Å². The highest BCUT2D eigenvalue weighted by Crippen LogP contribution is 2.25. The Morgan fingerprint density at radius 1 is 1.38 bits per heavy atom. The molecular weight excluding hydrogens is 290 g/mol. The number of rotatable bonds is 5. The molecule has 1 atom stereocenters. The molecule has 112 valence electrons. The predicted octanol–water partition coefficient (Wildman–Crippen LogP) is 3.59. The summed E-state index contributed by atoms with van der Waals surface area (Å²) >= 11 is 6.23. The fraction of sp³-hybridized carbons (Fsp3) is 0.438. The van der Waals surface area contributed by atoms with Gasteiger partial charge in [0.15, 0.2) is 0 Å². The molecule has 1 saturated heterocycles. The Kier molecular flexibility index (Phi) is 4.58. The zero-order valence-electron chi connectivity index (χ0n) is 12.0. The molecule has 0 amide bonds. The molecule has 2 heterocycles.